The number of nitrogens with zero attached hydrogens (tertiary/aromatic N) is 3. The maximum atomic E-state index is 14.0. The highest BCUT2D eigenvalue weighted by atomic mass is 19.1. The summed E-state index contributed by atoms with van der Waals surface area (Å²) in [5.74, 6) is -0.338. The Morgan fingerprint density at radius 2 is 1.86 bits per heavy atom. The number of pyridine rings is 1. The molecule has 0 radical (unpaired) electrons. The average molecular weight is 393 g/mol. The largest absolute Gasteiger partial charge is 0.497 e. The molecule has 0 N–H and O–H groups in total. The van der Waals surface area contributed by atoms with Crippen molar-refractivity contribution in [1.82, 2.24) is 9.88 Å². The van der Waals surface area contributed by atoms with Gasteiger partial charge in [-0.1, -0.05) is 18.2 Å². The van der Waals surface area contributed by atoms with Crippen LogP contribution in [0.4, 0.5) is 10.1 Å². The number of carbonyl (C=O) groups is 2. The normalized spacial score (nSPS) is 16.9. The van der Waals surface area contributed by atoms with Gasteiger partial charge in [-0.3, -0.25) is 9.59 Å². The number of halogens is 1. The number of hydrogen-bond donors (Lipinski definition) is 0. The van der Waals surface area contributed by atoms with Crippen LogP contribution in [0.25, 0.3) is 10.9 Å². The number of rotatable bonds is 3. The van der Waals surface area contributed by atoms with Crippen LogP contribution in [0, 0.1) is 5.82 Å². The van der Waals surface area contributed by atoms with Crippen LogP contribution < -0.4 is 9.64 Å². The highest BCUT2D eigenvalue weighted by Crippen LogP contribution is 2.24. The van der Waals surface area contributed by atoms with E-state index in [2.05, 4.69) is 4.98 Å². The molecule has 2 heterocycles. The van der Waals surface area contributed by atoms with Crippen molar-refractivity contribution in [2.75, 3.05) is 25.1 Å². The second-order valence-corrected chi connectivity index (χ2v) is 6.87. The molecule has 1 fully saturated rings. The van der Waals surface area contributed by atoms with Crippen LogP contribution in [-0.4, -0.2) is 47.9 Å². The maximum Gasteiger partial charge on any atom is 0.273 e. The van der Waals surface area contributed by atoms with E-state index in [-0.39, 0.29) is 23.0 Å². The standard InChI is InChI=1S/C22H20FN3O3/c1-14-21(27)26(16-7-9-17(29-2)10-8-16)13-12-25(14)22(28)19-11-6-15-4-3-5-18(23)20(15)24-19/h3-11,14H,12-13H2,1-2H3/t14-/m0/s1. The third-order valence-corrected chi connectivity index (χ3v) is 5.19. The number of para-hydroxylation sites is 1. The van der Waals surface area contributed by atoms with E-state index in [9.17, 15) is 14.0 Å². The summed E-state index contributed by atoms with van der Waals surface area (Å²) in [5.41, 5.74) is 1.02. The number of piperazine rings is 1. The SMILES string of the molecule is COc1ccc(N2CCN(C(=O)c3ccc4cccc(F)c4n3)[C@@H](C)C2=O)cc1. The Hall–Kier alpha value is -3.48. The fraction of sp³-hybridized carbons (Fsp3) is 0.227. The molecule has 0 aliphatic carbocycles. The Balaban J connectivity index is 1.56. The van der Waals surface area contributed by atoms with Gasteiger partial charge in [0.1, 0.15) is 28.8 Å². The molecule has 1 saturated heterocycles. The summed E-state index contributed by atoms with van der Waals surface area (Å²) in [6, 6.07) is 14.4. The topological polar surface area (TPSA) is 62.7 Å². The van der Waals surface area contributed by atoms with E-state index in [1.165, 1.54) is 11.0 Å². The van der Waals surface area contributed by atoms with Crippen molar-refractivity contribution < 1.29 is 18.7 Å². The Kier molecular flexibility index (Phi) is 4.88. The molecule has 2 amide bonds. The molecule has 3 aromatic rings. The van der Waals surface area contributed by atoms with E-state index in [0.717, 1.165) is 5.69 Å². The van der Waals surface area contributed by atoms with E-state index in [1.807, 2.05) is 12.1 Å². The summed E-state index contributed by atoms with van der Waals surface area (Å²) in [5, 5.41) is 0.620. The van der Waals surface area contributed by atoms with Gasteiger partial charge in [-0.15, -0.1) is 0 Å². The van der Waals surface area contributed by atoms with Crippen LogP contribution in [0.3, 0.4) is 0 Å². The number of hydrogen-bond acceptors (Lipinski definition) is 4. The summed E-state index contributed by atoms with van der Waals surface area (Å²) in [4.78, 5) is 33.2. The summed E-state index contributed by atoms with van der Waals surface area (Å²) in [6.07, 6.45) is 0. The number of anilines is 1. The van der Waals surface area contributed by atoms with Crippen LogP contribution >= 0.6 is 0 Å². The van der Waals surface area contributed by atoms with Gasteiger partial charge in [0.2, 0.25) is 5.91 Å². The van der Waals surface area contributed by atoms with Gasteiger partial charge >= 0.3 is 0 Å². The lowest BCUT2D eigenvalue weighted by molar-refractivity contribution is -0.124. The Morgan fingerprint density at radius 3 is 2.59 bits per heavy atom. The van der Waals surface area contributed by atoms with Gasteiger partial charge in [0.05, 0.1) is 7.11 Å². The fourth-order valence-electron chi connectivity index (χ4n) is 3.54. The zero-order chi connectivity index (χ0) is 20.5. The van der Waals surface area contributed by atoms with Crippen molar-refractivity contribution in [3.63, 3.8) is 0 Å². The molecule has 7 heteroatoms. The predicted octanol–water partition coefficient (Wildman–Crippen LogP) is 3.26. The minimum Gasteiger partial charge on any atom is -0.497 e. The van der Waals surface area contributed by atoms with Gasteiger partial charge in [0.25, 0.3) is 5.91 Å². The Bertz CT molecular complexity index is 1080. The molecule has 0 saturated carbocycles. The Morgan fingerprint density at radius 1 is 1.10 bits per heavy atom. The van der Waals surface area contributed by atoms with E-state index >= 15 is 0 Å². The summed E-state index contributed by atoms with van der Waals surface area (Å²) in [6.45, 7) is 2.41. The smallest absolute Gasteiger partial charge is 0.273 e. The molecule has 6 nitrogen and oxygen atoms in total. The minimum atomic E-state index is -0.656. The number of methoxy groups -OCH3 is 1. The summed E-state index contributed by atoms with van der Waals surface area (Å²) < 4.78 is 19.2. The molecule has 0 unspecified atom stereocenters. The van der Waals surface area contributed by atoms with E-state index in [0.29, 0.717) is 24.2 Å². The van der Waals surface area contributed by atoms with Gasteiger partial charge in [0.15, 0.2) is 0 Å². The lowest BCUT2D eigenvalue weighted by atomic mass is 10.1. The molecular formula is C22H20FN3O3. The van der Waals surface area contributed by atoms with Gasteiger partial charge in [-0.05, 0) is 43.3 Å². The van der Waals surface area contributed by atoms with Gasteiger partial charge in [-0.2, -0.15) is 0 Å². The van der Waals surface area contributed by atoms with Crippen molar-refractivity contribution in [3.05, 3.63) is 66.1 Å². The molecule has 1 atom stereocenters. The van der Waals surface area contributed by atoms with Gasteiger partial charge < -0.3 is 14.5 Å². The molecule has 2 aromatic carbocycles. The van der Waals surface area contributed by atoms with Crippen LogP contribution in [-0.2, 0) is 4.79 Å². The number of aromatic nitrogens is 1. The van der Waals surface area contributed by atoms with Crippen molar-refractivity contribution >= 4 is 28.4 Å². The fourth-order valence-corrected chi connectivity index (χ4v) is 3.54. The average Bonchev–Trinajstić information content (AvgIpc) is 2.75. The van der Waals surface area contributed by atoms with Crippen LogP contribution in [0.2, 0.25) is 0 Å². The second kappa shape index (κ2) is 7.50. The first kappa shape index (κ1) is 18.9. The lowest BCUT2D eigenvalue weighted by Gasteiger charge is -2.39. The molecular weight excluding hydrogens is 373 g/mol. The van der Waals surface area contributed by atoms with Crippen LogP contribution in [0.15, 0.2) is 54.6 Å². The number of benzene rings is 2. The molecule has 148 valence electrons. The monoisotopic (exact) mass is 393 g/mol. The van der Waals surface area contributed by atoms with E-state index in [1.54, 1.807) is 55.3 Å². The Labute approximate surface area is 167 Å². The lowest BCUT2D eigenvalue weighted by Crippen LogP contribution is -2.57. The quantitative estimate of drug-likeness (QED) is 0.685. The second-order valence-electron chi connectivity index (χ2n) is 6.87. The summed E-state index contributed by atoms with van der Waals surface area (Å²) >= 11 is 0. The van der Waals surface area contributed by atoms with Crippen molar-refractivity contribution in [1.29, 1.82) is 0 Å². The predicted molar refractivity (Wildman–Crippen MR) is 108 cm³/mol. The highest BCUT2D eigenvalue weighted by Gasteiger charge is 2.35. The molecule has 1 aromatic heterocycles. The highest BCUT2D eigenvalue weighted by molar-refractivity contribution is 6.03. The number of carbonyl (C=O) groups excluding carboxylic acids is 2. The van der Waals surface area contributed by atoms with E-state index in [4.69, 9.17) is 4.74 Å². The first-order valence-electron chi connectivity index (χ1n) is 9.31. The van der Waals surface area contributed by atoms with Crippen molar-refractivity contribution in [2.45, 2.75) is 13.0 Å². The van der Waals surface area contributed by atoms with Crippen LogP contribution in [0.1, 0.15) is 17.4 Å². The van der Waals surface area contributed by atoms with Crippen molar-refractivity contribution in [2.24, 2.45) is 0 Å². The van der Waals surface area contributed by atoms with Gasteiger partial charge in [-0.25, -0.2) is 9.37 Å². The van der Waals surface area contributed by atoms with Crippen molar-refractivity contribution in [3.8, 4) is 5.75 Å². The first-order chi connectivity index (χ1) is 14.0. The molecule has 0 spiro atoms. The minimum absolute atomic E-state index is 0.125. The van der Waals surface area contributed by atoms with Crippen LogP contribution in [0.5, 0.6) is 5.75 Å². The third-order valence-electron chi connectivity index (χ3n) is 5.19. The number of amides is 2. The molecule has 0 bridgehead atoms. The zero-order valence-corrected chi connectivity index (χ0v) is 16.1. The third kappa shape index (κ3) is 3.40. The molecule has 1 aliphatic rings. The van der Waals surface area contributed by atoms with Gasteiger partial charge in [0, 0.05) is 24.2 Å². The molecule has 4 rings (SSSR count). The summed E-state index contributed by atoms with van der Waals surface area (Å²) in [7, 11) is 1.58. The van der Waals surface area contributed by atoms with E-state index < -0.39 is 11.9 Å². The number of ether oxygens (including phenoxy) is 1. The zero-order valence-electron chi connectivity index (χ0n) is 16.1. The maximum absolute atomic E-state index is 14.0. The molecule has 1 aliphatic heterocycles. The number of fused-ring (bicyclic) bond motifs is 1. The first-order valence-corrected chi connectivity index (χ1v) is 9.31. The molecule has 29 heavy (non-hydrogen) atoms.